The lowest BCUT2D eigenvalue weighted by Gasteiger charge is -2.12. The molecule has 2 aromatic rings. The summed E-state index contributed by atoms with van der Waals surface area (Å²) in [4.78, 5) is 11.1. The summed E-state index contributed by atoms with van der Waals surface area (Å²) in [6.07, 6.45) is 1.31. The van der Waals surface area contributed by atoms with Crippen LogP contribution in [0.2, 0.25) is 0 Å². The molecule has 106 valence electrons. The fraction of sp³-hybridized carbons (Fsp3) is 0.286. The molecular formula is C14H16N2O4. The van der Waals surface area contributed by atoms with Crippen LogP contribution in [-0.4, -0.2) is 28.0 Å². The third-order valence-corrected chi connectivity index (χ3v) is 2.98. The summed E-state index contributed by atoms with van der Waals surface area (Å²) in [5.41, 5.74) is 1.69. The van der Waals surface area contributed by atoms with Crippen LogP contribution in [0.4, 0.5) is 0 Å². The average Bonchev–Trinajstić information content (AvgIpc) is 2.78. The maximum atomic E-state index is 11.1. The van der Waals surface area contributed by atoms with Gasteiger partial charge in [-0.25, -0.2) is 4.79 Å². The van der Waals surface area contributed by atoms with E-state index in [1.54, 1.807) is 20.2 Å². The van der Waals surface area contributed by atoms with Crippen molar-refractivity contribution in [2.45, 2.75) is 13.5 Å². The molecule has 1 aromatic carbocycles. The Morgan fingerprint density at radius 2 is 2.15 bits per heavy atom. The molecule has 1 heterocycles. The molecule has 0 radical (unpaired) electrons. The van der Waals surface area contributed by atoms with Crippen LogP contribution in [0.25, 0.3) is 0 Å². The lowest BCUT2D eigenvalue weighted by atomic mass is 10.2. The van der Waals surface area contributed by atoms with Crippen molar-refractivity contribution in [3.63, 3.8) is 0 Å². The maximum Gasteiger partial charge on any atom is 0.339 e. The Labute approximate surface area is 116 Å². The largest absolute Gasteiger partial charge is 0.493 e. The summed E-state index contributed by atoms with van der Waals surface area (Å²) in [5, 5.41) is 13.0. The molecule has 6 heteroatoms. The Kier molecular flexibility index (Phi) is 3.93. The highest BCUT2D eigenvalue weighted by atomic mass is 16.5. The zero-order valence-electron chi connectivity index (χ0n) is 11.6. The van der Waals surface area contributed by atoms with Crippen LogP contribution >= 0.6 is 0 Å². The van der Waals surface area contributed by atoms with Gasteiger partial charge in [0.05, 0.1) is 19.0 Å². The van der Waals surface area contributed by atoms with Gasteiger partial charge in [0.25, 0.3) is 0 Å². The van der Waals surface area contributed by atoms with E-state index in [0.29, 0.717) is 17.2 Å². The number of ether oxygens (including phenoxy) is 2. The molecule has 0 unspecified atom stereocenters. The summed E-state index contributed by atoms with van der Waals surface area (Å²) < 4.78 is 12.4. The van der Waals surface area contributed by atoms with E-state index >= 15 is 0 Å². The number of aryl methyl sites for hydroxylation is 2. The molecule has 2 rings (SSSR count). The van der Waals surface area contributed by atoms with Crippen molar-refractivity contribution in [2.75, 3.05) is 7.11 Å². The molecule has 1 N–H and O–H groups in total. The van der Waals surface area contributed by atoms with Gasteiger partial charge in [0.15, 0.2) is 11.5 Å². The van der Waals surface area contributed by atoms with E-state index in [1.165, 1.54) is 10.9 Å². The molecule has 0 atom stereocenters. The molecular weight excluding hydrogens is 260 g/mol. The van der Waals surface area contributed by atoms with Gasteiger partial charge in [-0.15, -0.1) is 0 Å². The van der Waals surface area contributed by atoms with Crippen LogP contribution in [0.3, 0.4) is 0 Å². The first-order chi connectivity index (χ1) is 9.52. The van der Waals surface area contributed by atoms with Crippen molar-refractivity contribution in [3.05, 3.63) is 41.2 Å². The molecule has 6 nitrogen and oxygen atoms in total. The Morgan fingerprint density at radius 1 is 1.40 bits per heavy atom. The van der Waals surface area contributed by atoms with Crippen LogP contribution in [0, 0.1) is 6.92 Å². The second-order valence-corrected chi connectivity index (χ2v) is 4.38. The molecule has 0 aliphatic rings. The smallest absolute Gasteiger partial charge is 0.339 e. The molecule has 0 bridgehead atoms. The van der Waals surface area contributed by atoms with Crippen LogP contribution in [-0.2, 0) is 13.7 Å². The van der Waals surface area contributed by atoms with Crippen molar-refractivity contribution in [3.8, 4) is 11.5 Å². The highest BCUT2D eigenvalue weighted by Gasteiger charge is 2.16. The number of carboxylic acids is 1. The van der Waals surface area contributed by atoms with E-state index in [2.05, 4.69) is 5.10 Å². The van der Waals surface area contributed by atoms with E-state index in [0.717, 1.165) is 5.56 Å². The third-order valence-electron chi connectivity index (χ3n) is 2.98. The lowest BCUT2D eigenvalue weighted by Crippen LogP contribution is -2.08. The summed E-state index contributed by atoms with van der Waals surface area (Å²) in [7, 11) is 3.24. The van der Waals surface area contributed by atoms with E-state index in [-0.39, 0.29) is 12.2 Å². The van der Waals surface area contributed by atoms with Gasteiger partial charge in [0.2, 0.25) is 0 Å². The third kappa shape index (κ3) is 2.74. The quantitative estimate of drug-likeness (QED) is 0.904. The maximum absolute atomic E-state index is 11.1. The monoisotopic (exact) mass is 276 g/mol. The molecule has 0 spiro atoms. The Bertz CT molecular complexity index is 634. The van der Waals surface area contributed by atoms with Crippen molar-refractivity contribution >= 4 is 5.97 Å². The van der Waals surface area contributed by atoms with Crippen molar-refractivity contribution in [1.82, 2.24) is 9.78 Å². The van der Waals surface area contributed by atoms with Crippen molar-refractivity contribution in [2.24, 2.45) is 7.05 Å². The topological polar surface area (TPSA) is 73.6 Å². The zero-order chi connectivity index (χ0) is 14.7. The molecule has 0 saturated carbocycles. The fourth-order valence-electron chi connectivity index (χ4n) is 1.85. The van der Waals surface area contributed by atoms with E-state index < -0.39 is 5.97 Å². The first kappa shape index (κ1) is 13.9. The molecule has 1 aromatic heterocycles. The van der Waals surface area contributed by atoms with Crippen LogP contribution < -0.4 is 9.47 Å². The number of rotatable bonds is 5. The van der Waals surface area contributed by atoms with Gasteiger partial charge < -0.3 is 14.6 Å². The first-order valence-corrected chi connectivity index (χ1v) is 6.04. The molecule has 20 heavy (non-hydrogen) atoms. The Balaban J connectivity index is 2.21. The number of hydrogen-bond acceptors (Lipinski definition) is 4. The Morgan fingerprint density at radius 3 is 2.80 bits per heavy atom. The van der Waals surface area contributed by atoms with Gasteiger partial charge in [0.1, 0.15) is 12.2 Å². The minimum absolute atomic E-state index is 0.109. The van der Waals surface area contributed by atoms with E-state index in [9.17, 15) is 4.79 Å². The van der Waals surface area contributed by atoms with Crippen molar-refractivity contribution in [1.29, 1.82) is 0 Å². The van der Waals surface area contributed by atoms with E-state index in [1.807, 2.05) is 19.1 Å². The lowest BCUT2D eigenvalue weighted by molar-refractivity contribution is 0.0693. The highest BCUT2D eigenvalue weighted by Crippen LogP contribution is 2.28. The van der Waals surface area contributed by atoms with Crippen LogP contribution in [0.5, 0.6) is 11.5 Å². The zero-order valence-corrected chi connectivity index (χ0v) is 11.6. The van der Waals surface area contributed by atoms with Gasteiger partial charge in [-0.3, -0.25) is 4.68 Å². The van der Waals surface area contributed by atoms with Gasteiger partial charge in [-0.1, -0.05) is 6.07 Å². The predicted molar refractivity (Wildman–Crippen MR) is 72.2 cm³/mol. The van der Waals surface area contributed by atoms with Gasteiger partial charge >= 0.3 is 5.97 Å². The first-order valence-electron chi connectivity index (χ1n) is 6.04. The summed E-state index contributed by atoms with van der Waals surface area (Å²) >= 11 is 0. The van der Waals surface area contributed by atoms with Gasteiger partial charge in [0, 0.05) is 7.05 Å². The van der Waals surface area contributed by atoms with Crippen LogP contribution in [0.1, 0.15) is 21.6 Å². The number of carboxylic acid groups (broad SMARTS) is 1. The number of aromatic nitrogens is 2. The number of carbonyl (C=O) groups is 1. The summed E-state index contributed by atoms with van der Waals surface area (Å²) in [5.74, 6) is 0.159. The van der Waals surface area contributed by atoms with Gasteiger partial charge in [-0.05, 0) is 24.6 Å². The minimum Gasteiger partial charge on any atom is -0.493 e. The second kappa shape index (κ2) is 5.64. The number of methoxy groups -OCH3 is 1. The SMILES string of the molecule is COc1cc(C)ccc1OCc1c(C(=O)O)cnn1C. The normalized spacial score (nSPS) is 10.3. The van der Waals surface area contributed by atoms with Crippen LogP contribution in [0.15, 0.2) is 24.4 Å². The number of nitrogens with zero attached hydrogens (tertiary/aromatic N) is 2. The fourth-order valence-corrected chi connectivity index (χ4v) is 1.85. The van der Waals surface area contributed by atoms with Crippen molar-refractivity contribution < 1.29 is 19.4 Å². The second-order valence-electron chi connectivity index (χ2n) is 4.38. The minimum atomic E-state index is -1.02. The Hall–Kier alpha value is -2.50. The predicted octanol–water partition coefficient (Wildman–Crippen LogP) is 2.01. The molecule has 0 saturated heterocycles. The molecule has 0 aliphatic carbocycles. The molecule has 0 amide bonds. The number of aromatic carboxylic acids is 1. The van der Waals surface area contributed by atoms with Gasteiger partial charge in [-0.2, -0.15) is 5.10 Å². The summed E-state index contributed by atoms with van der Waals surface area (Å²) in [6, 6.07) is 5.56. The average molecular weight is 276 g/mol. The standard InChI is InChI=1S/C14H16N2O4/c1-9-4-5-12(13(6-9)19-3)20-8-11-10(14(17)18)7-15-16(11)2/h4-7H,8H2,1-3H3,(H,17,18). The number of hydrogen-bond donors (Lipinski definition) is 1. The molecule has 0 aliphatic heterocycles. The van der Waals surface area contributed by atoms with E-state index in [4.69, 9.17) is 14.6 Å². The molecule has 0 fully saturated rings. The summed E-state index contributed by atoms with van der Waals surface area (Å²) in [6.45, 7) is 2.06. The number of benzene rings is 1. The highest BCUT2D eigenvalue weighted by molar-refractivity contribution is 5.88.